The van der Waals surface area contributed by atoms with E-state index in [4.69, 9.17) is 9.47 Å². The van der Waals surface area contributed by atoms with Gasteiger partial charge in [-0.3, -0.25) is 9.80 Å². The van der Waals surface area contributed by atoms with Crippen LogP contribution in [-0.4, -0.2) is 72.5 Å². The summed E-state index contributed by atoms with van der Waals surface area (Å²) in [6.07, 6.45) is 31.6. The zero-order chi connectivity index (χ0) is 32.2. The van der Waals surface area contributed by atoms with Gasteiger partial charge in [0, 0.05) is 50.5 Å². The third-order valence-corrected chi connectivity index (χ3v) is 15.3. The molecule has 0 aromatic carbocycles. The van der Waals surface area contributed by atoms with Gasteiger partial charge >= 0.3 is 0 Å². The van der Waals surface area contributed by atoms with Crippen molar-refractivity contribution in [2.45, 2.75) is 217 Å². The topological polar surface area (TPSA) is 24.9 Å². The fourth-order valence-electron chi connectivity index (χ4n) is 12.2. The zero-order valence-corrected chi connectivity index (χ0v) is 31.4. The van der Waals surface area contributed by atoms with Crippen molar-refractivity contribution >= 4 is 0 Å². The van der Waals surface area contributed by atoms with Gasteiger partial charge in [-0.2, -0.15) is 0 Å². The summed E-state index contributed by atoms with van der Waals surface area (Å²) in [4.78, 5) is 6.23. The Balaban J connectivity index is 1.12. The lowest BCUT2D eigenvalue weighted by molar-refractivity contribution is -0.0985. The second kappa shape index (κ2) is 16.7. The molecule has 0 aromatic rings. The standard InChI is InChI=1S/C42H76N2O2/c1-29-7-17-35(18-8-29)43(36-19-9-30(2)10-20-36)39-25-15-33(27-41(39)45-5)34-16-26-40(42(28-34)46-6)44(37-21-11-31(3)12-22-37)38-23-13-32(4)14-24-38/h29-42H,7-28H2,1-6H3. The summed E-state index contributed by atoms with van der Waals surface area (Å²) in [6, 6.07) is 4.42. The summed E-state index contributed by atoms with van der Waals surface area (Å²) in [7, 11) is 4.10. The first kappa shape index (κ1) is 35.7. The predicted molar refractivity (Wildman–Crippen MR) is 193 cm³/mol. The Hall–Kier alpha value is -0.160. The molecule has 4 heteroatoms. The number of ether oxygens (including phenoxy) is 2. The van der Waals surface area contributed by atoms with Crippen LogP contribution in [0.3, 0.4) is 0 Å². The molecule has 6 aliphatic carbocycles. The van der Waals surface area contributed by atoms with Crippen LogP contribution in [0, 0.1) is 35.5 Å². The summed E-state index contributed by atoms with van der Waals surface area (Å²) < 4.78 is 13.1. The molecule has 0 bridgehead atoms. The average molecular weight is 641 g/mol. The quantitative estimate of drug-likeness (QED) is 0.250. The SMILES string of the molecule is COC1CC(C2CCC(N(C3CCC(C)CC3)C3CCC(C)CC3)C(OC)C2)CCC1N(C1CCC(C)CC1)C1CCC(C)CC1. The molecule has 6 fully saturated rings. The minimum absolute atomic E-state index is 0.404. The number of rotatable bonds is 9. The summed E-state index contributed by atoms with van der Waals surface area (Å²) in [5.74, 6) is 5.28. The Morgan fingerprint density at radius 3 is 0.848 bits per heavy atom. The maximum absolute atomic E-state index is 6.54. The van der Waals surface area contributed by atoms with E-state index in [1.165, 1.54) is 141 Å². The highest BCUT2D eigenvalue weighted by molar-refractivity contribution is 5.00. The molecule has 0 heterocycles. The molecule has 266 valence electrons. The first-order valence-electron chi connectivity index (χ1n) is 20.9. The van der Waals surface area contributed by atoms with Crippen LogP contribution in [0.5, 0.6) is 0 Å². The fraction of sp³-hybridized carbons (Fsp3) is 1.00. The van der Waals surface area contributed by atoms with Crippen LogP contribution < -0.4 is 0 Å². The van der Waals surface area contributed by atoms with Crippen LogP contribution in [0.15, 0.2) is 0 Å². The maximum atomic E-state index is 6.54. The van der Waals surface area contributed by atoms with Gasteiger partial charge < -0.3 is 9.47 Å². The van der Waals surface area contributed by atoms with Crippen molar-refractivity contribution in [3.05, 3.63) is 0 Å². The van der Waals surface area contributed by atoms with Crippen molar-refractivity contribution in [1.29, 1.82) is 0 Å². The molecule has 46 heavy (non-hydrogen) atoms. The van der Waals surface area contributed by atoms with Crippen LogP contribution in [0.2, 0.25) is 0 Å². The lowest BCUT2D eigenvalue weighted by Gasteiger charge is -2.54. The molecular weight excluding hydrogens is 564 g/mol. The molecule has 0 spiro atoms. The number of methoxy groups -OCH3 is 2. The normalized spacial score (nSPS) is 46.4. The smallest absolute Gasteiger partial charge is 0.0729 e. The van der Waals surface area contributed by atoms with Gasteiger partial charge in [0.2, 0.25) is 0 Å². The van der Waals surface area contributed by atoms with Crippen molar-refractivity contribution in [2.24, 2.45) is 35.5 Å². The van der Waals surface area contributed by atoms with Crippen LogP contribution in [0.4, 0.5) is 0 Å². The van der Waals surface area contributed by atoms with E-state index in [2.05, 4.69) is 37.5 Å². The third kappa shape index (κ3) is 8.40. The molecule has 0 amide bonds. The Labute approximate surface area is 285 Å². The van der Waals surface area contributed by atoms with Crippen LogP contribution in [0.25, 0.3) is 0 Å². The van der Waals surface area contributed by atoms with E-state index >= 15 is 0 Å². The Morgan fingerprint density at radius 2 is 0.609 bits per heavy atom. The van der Waals surface area contributed by atoms with Gasteiger partial charge in [0.1, 0.15) is 0 Å². The van der Waals surface area contributed by atoms with E-state index in [9.17, 15) is 0 Å². The molecule has 0 aliphatic heterocycles. The number of nitrogens with zero attached hydrogens (tertiary/aromatic N) is 2. The predicted octanol–water partition coefficient (Wildman–Crippen LogP) is 10.3. The molecule has 0 aromatic heterocycles. The molecule has 6 atom stereocenters. The Morgan fingerprint density at radius 1 is 0.348 bits per heavy atom. The monoisotopic (exact) mass is 641 g/mol. The van der Waals surface area contributed by atoms with Gasteiger partial charge in [0.05, 0.1) is 12.2 Å². The Kier molecular flexibility index (Phi) is 12.9. The van der Waals surface area contributed by atoms with E-state index in [0.717, 1.165) is 59.7 Å². The molecule has 6 aliphatic rings. The second-order valence-electron chi connectivity index (χ2n) is 18.4. The summed E-state index contributed by atoms with van der Waals surface area (Å²) in [6.45, 7) is 9.94. The van der Waals surface area contributed by atoms with E-state index in [0.29, 0.717) is 24.3 Å². The van der Waals surface area contributed by atoms with E-state index < -0.39 is 0 Å². The van der Waals surface area contributed by atoms with Gasteiger partial charge in [-0.25, -0.2) is 0 Å². The average Bonchev–Trinajstić information content (AvgIpc) is 3.08. The lowest BCUT2D eigenvalue weighted by Crippen LogP contribution is -2.59. The van der Waals surface area contributed by atoms with Crippen molar-refractivity contribution in [2.75, 3.05) is 14.2 Å². The summed E-state index contributed by atoms with van der Waals surface area (Å²) in [5, 5.41) is 0. The van der Waals surface area contributed by atoms with Crippen molar-refractivity contribution in [3.63, 3.8) is 0 Å². The summed E-state index contributed by atoms with van der Waals surface area (Å²) in [5.41, 5.74) is 0. The van der Waals surface area contributed by atoms with Crippen LogP contribution in [-0.2, 0) is 9.47 Å². The second-order valence-corrected chi connectivity index (χ2v) is 18.4. The first-order chi connectivity index (χ1) is 22.3. The highest BCUT2D eigenvalue weighted by Crippen LogP contribution is 2.46. The summed E-state index contributed by atoms with van der Waals surface area (Å²) >= 11 is 0. The highest BCUT2D eigenvalue weighted by atomic mass is 16.5. The van der Waals surface area contributed by atoms with Gasteiger partial charge in [0.25, 0.3) is 0 Å². The minimum Gasteiger partial charge on any atom is -0.380 e. The van der Waals surface area contributed by atoms with Gasteiger partial charge in [-0.1, -0.05) is 27.7 Å². The zero-order valence-electron chi connectivity index (χ0n) is 31.4. The molecule has 4 nitrogen and oxygen atoms in total. The Bertz CT molecular complexity index is 764. The lowest BCUT2D eigenvalue weighted by atomic mass is 9.68. The van der Waals surface area contributed by atoms with Gasteiger partial charge in [-0.05, 0) is 177 Å². The largest absolute Gasteiger partial charge is 0.380 e. The van der Waals surface area contributed by atoms with Crippen molar-refractivity contribution in [3.8, 4) is 0 Å². The van der Waals surface area contributed by atoms with E-state index in [1.807, 2.05) is 14.2 Å². The van der Waals surface area contributed by atoms with Gasteiger partial charge in [-0.15, -0.1) is 0 Å². The number of hydrogen-bond donors (Lipinski definition) is 0. The third-order valence-electron chi connectivity index (χ3n) is 15.3. The number of hydrogen-bond acceptors (Lipinski definition) is 4. The molecule has 6 unspecified atom stereocenters. The molecule has 0 radical (unpaired) electrons. The van der Waals surface area contributed by atoms with Crippen LogP contribution >= 0.6 is 0 Å². The molecular formula is C42H76N2O2. The molecule has 6 saturated carbocycles. The molecule has 6 rings (SSSR count). The first-order valence-corrected chi connectivity index (χ1v) is 20.9. The minimum atomic E-state index is 0.404. The van der Waals surface area contributed by atoms with Crippen molar-refractivity contribution in [1.82, 2.24) is 9.80 Å². The van der Waals surface area contributed by atoms with Gasteiger partial charge in [0.15, 0.2) is 0 Å². The van der Waals surface area contributed by atoms with E-state index in [1.54, 1.807) is 0 Å². The van der Waals surface area contributed by atoms with Crippen LogP contribution in [0.1, 0.15) is 169 Å². The molecule has 0 N–H and O–H groups in total. The van der Waals surface area contributed by atoms with Crippen molar-refractivity contribution < 1.29 is 9.47 Å². The molecule has 0 saturated heterocycles. The highest BCUT2D eigenvalue weighted by Gasteiger charge is 2.47. The maximum Gasteiger partial charge on any atom is 0.0729 e. The fourth-order valence-corrected chi connectivity index (χ4v) is 12.2. The van der Waals surface area contributed by atoms with E-state index in [-0.39, 0.29) is 0 Å².